The third-order valence-corrected chi connectivity index (χ3v) is 10.8. The van der Waals surface area contributed by atoms with Crippen molar-refractivity contribution in [3.63, 3.8) is 0 Å². The average molecular weight is 751 g/mol. The fraction of sp³-hybridized carbons (Fsp3) is 0.487. The van der Waals surface area contributed by atoms with E-state index in [1.165, 1.54) is 4.90 Å². The molecule has 3 amide bonds. The Morgan fingerprint density at radius 1 is 1.12 bits per heavy atom. The lowest BCUT2D eigenvalue weighted by Gasteiger charge is -2.39. The van der Waals surface area contributed by atoms with Crippen LogP contribution in [0.1, 0.15) is 56.8 Å². The predicted octanol–water partition coefficient (Wildman–Crippen LogP) is 4.72. The quantitative estimate of drug-likeness (QED) is 0.136. The van der Waals surface area contributed by atoms with Crippen LogP contribution in [0.5, 0.6) is 0 Å². The van der Waals surface area contributed by atoms with E-state index in [1.807, 2.05) is 74.5 Å². The van der Waals surface area contributed by atoms with E-state index in [0.717, 1.165) is 5.56 Å². The number of hydrogen-bond acceptors (Lipinski definition) is 7. The topological polar surface area (TPSA) is 125 Å². The first-order chi connectivity index (χ1) is 24.1. The minimum absolute atomic E-state index is 0.0374. The summed E-state index contributed by atoms with van der Waals surface area (Å²) in [7, 11) is 0. The zero-order chi connectivity index (χ0) is 36.0. The van der Waals surface area contributed by atoms with E-state index in [4.69, 9.17) is 9.47 Å². The van der Waals surface area contributed by atoms with Gasteiger partial charge in [-0.25, -0.2) is 0 Å². The Labute approximate surface area is 303 Å². The van der Waals surface area contributed by atoms with E-state index in [2.05, 4.69) is 34.4 Å². The number of allylic oxidation sites excluding steroid dienone is 1. The second kappa shape index (κ2) is 16.5. The zero-order valence-corrected chi connectivity index (χ0v) is 30.4. The van der Waals surface area contributed by atoms with E-state index >= 15 is 0 Å². The van der Waals surface area contributed by atoms with Crippen LogP contribution in [-0.4, -0.2) is 86.9 Å². The van der Waals surface area contributed by atoms with Gasteiger partial charge in [0.05, 0.1) is 37.1 Å². The van der Waals surface area contributed by atoms with Gasteiger partial charge in [0, 0.05) is 24.3 Å². The van der Waals surface area contributed by atoms with E-state index < -0.39 is 53.6 Å². The minimum atomic E-state index is -1.33. The van der Waals surface area contributed by atoms with Crippen molar-refractivity contribution in [2.75, 3.05) is 19.7 Å². The Morgan fingerprint density at radius 2 is 1.80 bits per heavy atom. The number of benzene rings is 2. The normalized spacial score (nSPS) is 26.3. The van der Waals surface area contributed by atoms with Crippen molar-refractivity contribution in [3.8, 4) is 0 Å². The minimum Gasteiger partial charge on any atom is -0.455 e. The van der Waals surface area contributed by atoms with E-state index in [9.17, 15) is 24.3 Å². The molecule has 268 valence electrons. The number of aliphatic hydroxyl groups is 1. The monoisotopic (exact) mass is 749 g/mol. The van der Waals surface area contributed by atoms with Gasteiger partial charge in [-0.05, 0) is 36.3 Å². The van der Waals surface area contributed by atoms with Crippen LogP contribution in [0.15, 0.2) is 86.0 Å². The number of likely N-dealkylation sites (tertiary alicyclic amines) is 1. The van der Waals surface area contributed by atoms with E-state index in [0.29, 0.717) is 24.8 Å². The molecule has 3 heterocycles. The molecular weight excluding hydrogens is 702 g/mol. The predicted molar refractivity (Wildman–Crippen MR) is 193 cm³/mol. The van der Waals surface area contributed by atoms with Crippen LogP contribution >= 0.6 is 15.9 Å². The summed E-state index contributed by atoms with van der Waals surface area (Å²) >= 11 is 3.73. The highest BCUT2D eigenvalue weighted by Crippen LogP contribution is 2.61. The average Bonchev–Trinajstić information content (AvgIpc) is 3.71. The van der Waals surface area contributed by atoms with Crippen molar-refractivity contribution in [2.24, 2.45) is 17.8 Å². The summed E-state index contributed by atoms with van der Waals surface area (Å²) in [5, 5.41) is 13.5. The lowest BCUT2D eigenvalue weighted by Crippen LogP contribution is -2.59. The molecule has 3 fully saturated rings. The Kier molecular flexibility index (Phi) is 12.3. The molecule has 0 aliphatic carbocycles. The standard InChI is InChI=1S/C39H48BrN3O7/c1-5-7-18-31(45)41-22-30(27-16-12-9-13-17-27)49-38(48)32-33-36(46)43(28(24-44)20-25(3)4)35(39(33)21-29(40)34(32)50-39)37(47)42(19-6-2)23-26-14-10-8-11-15-26/h5-6,8-17,25,28-30,32-35,44H,1-2,7,18-24H2,3-4H3,(H,41,45)/t28-,29?,30+,32+,33-,34+,35+,39-/m1/s1. The first-order valence-corrected chi connectivity index (χ1v) is 18.3. The van der Waals surface area contributed by atoms with Gasteiger partial charge in [-0.15, -0.1) is 13.2 Å². The summed E-state index contributed by atoms with van der Waals surface area (Å²) in [6, 6.07) is 16.9. The Hall–Kier alpha value is -3.80. The highest BCUT2D eigenvalue weighted by molar-refractivity contribution is 9.09. The molecule has 8 atom stereocenters. The van der Waals surface area contributed by atoms with Crippen LogP contribution in [0.4, 0.5) is 0 Å². The number of alkyl halides is 1. The summed E-state index contributed by atoms with van der Waals surface area (Å²) in [6.07, 6.45) is 3.29. The van der Waals surface area contributed by atoms with Crippen LogP contribution < -0.4 is 5.32 Å². The van der Waals surface area contributed by atoms with Crippen molar-refractivity contribution in [3.05, 3.63) is 97.1 Å². The SMILES string of the molecule is C=CCCC(=O)NC[C@H](OC(=O)[C@@H]1[C@H]2O[C@@]3(CC2Br)[C@H](C(=O)N(CC=C)Cc2ccccc2)N([C@@H](CO)CC(C)C)C(=O)[C@@H]13)c1ccccc1. The van der Waals surface area contributed by atoms with Gasteiger partial charge in [-0.3, -0.25) is 19.2 Å². The molecule has 10 nitrogen and oxygen atoms in total. The smallest absolute Gasteiger partial charge is 0.313 e. The number of ether oxygens (including phenoxy) is 2. The second-order valence-electron chi connectivity index (χ2n) is 13.8. The van der Waals surface area contributed by atoms with Gasteiger partial charge in [-0.1, -0.05) is 103 Å². The Balaban J connectivity index is 1.50. The lowest BCUT2D eigenvalue weighted by atomic mass is 9.70. The number of aliphatic hydroxyl groups excluding tert-OH is 1. The molecule has 2 aromatic carbocycles. The highest BCUT2D eigenvalue weighted by atomic mass is 79.9. The third-order valence-electron chi connectivity index (χ3n) is 9.95. The van der Waals surface area contributed by atoms with E-state index in [1.54, 1.807) is 17.1 Å². The maximum absolute atomic E-state index is 14.8. The highest BCUT2D eigenvalue weighted by Gasteiger charge is 2.77. The number of hydrogen-bond donors (Lipinski definition) is 2. The molecular formula is C39H48BrN3O7. The molecule has 0 aromatic heterocycles. The maximum Gasteiger partial charge on any atom is 0.313 e. The summed E-state index contributed by atoms with van der Waals surface area (Å²) in [4.78, 5) is 59.3. The molecule has 3 saturated heterocycles. The molecule has 2 N–H and O–H groups in total. The number of amides is 3. The van der Waals surface area contributed by atoms with Gasteiger partial charge in [0.15, 0.2) is 0 Å². The molecule has 0 saturated carbocycles. The molecule has 0 radical (unpaired) electrons. The molecule has 3 aliphatic rings. The van der Waals surface area contributed by atoms with Crippen molar-refractivity contribution < 1.29 is 33.8 Å². The van der Waals surface area contributed by atoms with Crippen molar-refractivity contribution >= 4 is 39.6 Å². The first kappa shape index (κ1) is 37.5. The van der Waals surface area contributed by atoms with Gasteiger partial charge < -0.3 is 29.7 Å². The second-order valence-corrected chi connectivity index (χ2v) is 15.0. The summed E-state index contributed by atoms with van der Waals surface area (Å²) in [5.41, 5.74) is 0.261. The molecule has 5 rings (SSSR count). The van der Waals surface area contributed by atoms with Gasteiger partial charge >= 0.3 is 5.97 Å². The number of nitrogens with zero attached hydrogens (tertiary/aromatic N) is 2. The molecule has 11 heteroatoms. The van der Waals surface area contributed by atoms with Crippen LogP contribution in [0.25, 0.3) is 0 Å². The number of esters is 1. The third kappa shape index (κ3) is 7.60. The summed E-state index contributed by atoms with van der Waals surface area (Å²) < 4.78 is 12.9. The van der Waals surface area contributed by atoms with Crippen LogP contribution in [-0.2, 0) is 35.2 Å². The molecule has 1 unspecified atom stereocenters. The molecule has 2 aromatic rings. The number of carbonyl (C=O) groups is 4. The van der Waals surface area contributed by atoms with Crippen molar-refractivity contribution in [1.29, 1.82) is 0 Å². The van der Waals surface area contributed by atoms with Gasteiger partial charge in [0.25, 0.3) is 0 Å². The molecule has 1 spiro atoms. The van der Waals surface area contributed by atoms with Crippen LogP contribution in [0.3, 0.4) is 0 Å². The van der Waals surface area contributed by atoms with Gasteiger partial charge in [0.2, 0.25) is 17.7 Å². The van der Waals surface area contributed by atoms with Crippen LogP contribution in [0, 0.1) is 17.8 Å². The number of halogens is 1. The largest absolute Gasteiger partial charge is 0.455 e. The van der Waals surface area contributed by atoms with E-state index in [-0.39, 0.29) is 55.2 Å². The summed E-state index contributed by atoms with van der Waals surface area (Å²) in [5.74, 6) is -3.50. The number of carbonyl (C=O) groups excluding carboxylic acids is 4. The lowest BCUT2D eigenvalue weighted by molar-refractivity contribution is -0.161. The molecule has 50 heavy (non-hydrogen) atoms. The van der Waals surface area contributed by atoms with Crippen LogP contribution in [0.2, 0.25) is 0 Å². The first-order valence-electron chi connectivity index (χ1n) is 17.4. The Bertz CT molecular complexity index is 1540. The number of nitrogens with one attached hydrogen (secondary N) is 1. The van der Waals surface area contributed by atoms with Crippen molar-refractivity contribution in [2.45, 2.75) is 80.8 Å². The van der Waals surface area contributed by atoms with Crippen molar-refractivity contribution in [1.82, 2.24) is 15.1 Å². The fourth-order valence-electron chi connectivity index (χ4n) is 7.84. The Morgan fingerprint density at radius 3 is 2.42 bits per heavy atom. The number of rotatable bonds is 17. The number of fused-ring (bicyclic) bond motifs is 1. The maximum atomic E-state index is 14.8. The summed E-state index contributed by atoms with van der Waals surface area (Å²) in [6.45, 7) is 11.7. The molecule has 2 bridgehead atoms. The van der Waals surface area contributed by atoms with Gasteiger partial charge in [0.1, 0.15) is 17.7 Å². The molecule has 3 aliphatic heterocycles. The van der Waals surface area contributed by atoms with Gasteiger partial charge in [-0.2, -0.15) is 0 Å². The zero-order valence-electron chi connectivity index (χ0n) is 28.8. The fourth-order valence-corrected chi connectivity index (χ4v) is 8.78.